The lowest BCUT2D eigenvalue weighted by Crippen LogP contribution is -2.41. The van der Waals surface area contributed by atoms with Gasteiger partial charge in [-0.3, -0.25) is 4.79 Å². The lowest BCUT2D eigenvalue weighted by molar-refractivity contribution is -0.125. The molecule has 0 spiro atoms. The van der Waals surface area contributed by atoms with Crippen LogP contribution in [0.25, 0.3) is 10.1 Å². The van der Waals surface area contributed by atoms with E-state index in [9.17, 15) is 9.90 Å². The molecule has 21 heavy (non-hydrogen) atoms. The lowest BCUT2D eigenvalue weighted by Gasteiger charge is -2.22. The Morgan fingerprint density at radius 3 is 3.10 bits per heavy atom. The van der Waals surface area contributed by atoms with E-state index in [2.05, 4.69) is 10.6 Å². The molecule has 1 amide bonds. The molecule has 3 rings (SSSR count). The molecule has 1 aromatic carbocycles. The molecule has 4 nitrogen and oxygen atoms in total. The third-order valence-corrected chi connectivity index (χ3v) is 5.13. The molecule has 1 saturated heterocycles. The first kappa shape index (κ1) is 14.5. The van der Waals surface area contributed by atoms with Crippen LogP contribution in [0.5, 0.6) is 0 Å². The third kappa shape index (κ3) is 3.43. The number of benzene rings is 1. The highest BCUT2D eigenvalue weighted by atomic mass is 32.1. The van der Waals surface area contributed by atoms with Crippen molar-refractivity contribution < 1.29 is 9.90 Å². The number of carbonyl (C=O) groups excluding carboxylic acids is 1. The van der Waals surface area contributed by atoms with Gasteiger partial charge in [0.1, 0.15) is 6.10 Å². The Balaban J connectivity index is 1.58. The van der Waals surface area contributed by atoms with Gasteiger partial charge in [0.25, 0.3) is 0 Å². The Labute approximate surface area is 128 Å². The molecule has 2 heterocycles. The molecular formula is C16H20N2O2S. The first-order chi connectivity index (χ1) is 10.2. The van der Waals surface area contributed by atoms with Gasteiger partial charge in [-0.25, -0.2) is 0 Å². The topological polar surface area (TPSA) is 61.4 Å². The number of aliphatic hydroxyl groups excluding tert-OH is 1. The number of carbonyl (C=O) groups is 1. The summed E-state index contributed by atoms with van der Waals surface area (Å²) in [5.74, 6) is 0.0794. The molecule has 3 N–H and O–H groups in total. The van der Waals surface area contributed by atoms with Gasteiger partial charge in [-0.05, 0) is 36.9 Å². The molecule has 5 heteroatoms. The van der Waals surface area contributed by atoms with Gasteiger partial charge in [0.2, 0.25) is 5.91 Å². The second-order valence-corrected chi connectivity index (χ2v) is 6.61. The van der Waals surface area contributed by atoms with Gasteiger partial charge in [-0.2, -0.15) is 0 Å². The number of rotatable bonds is 4. The van der Waals surface area contributed by atoms with Crippen LogP contribution in [0.1, 0.15) is 23.8 Å². The second kappa shape index (κ2) is 6.56. The highest BCUT2D eigenvalue weighted by molar-refractivity contribution is 7.19. The molecule has 1 aliphatic rings. The SMILES string of the molecule is O=C(NCC(O)c1cc2ccccc2s1)C1CCCNC1. The van der Waals surface area contributed by atoms with Crippen LogP contribution >= 0.6 is 11.3 Å². The first-order valence-corrected chi connectivity index (χ1v) is 8.20. The fourth-order valence-electron chi connectivity index (χ4n) is 2.68. The smallest absolute Gasteiger partial charge is 0.224 e. The van der Waals surface area contributed by atoms with Crippen LogP contribution in [0.2, 0.25) is 0 Å². The van der Waals surface area contributed by atoms with Crippen molar-refractivity contribution >= 4 is 27.3 Å². The van der Waals surface area contributed by atoms with Crippen molar-refractivity contribution in [1.29, 1.82) is 0 Å². The van der Waals surface area contributed by atoms with E-state index in [1.165, 1.54) is 0 Å². The van der Waals surface area contributed by atoms with E-state index < -0.39 is 6.10 Å². The van der Waals surface area contributed by atoms with Gasteiger partial charge < -0.3 is 15.7 Å². The van der Waals surface area contributed by atoms with Crippen molar-refractivity contribution in [2.24, 2.45) is 5.92 Å². The van der Waals surface area contributed by atoms with Crippen LogP contribution in [-0.4, -0.2) is 30.6 Å². The molecule has 0 bridgehead atoms. The Kier molecular flexibility index (Phi) is 4.53. The minimum Gasteiger partial charge on any atom is -0.386 e. The van der Waals surface area contributed by atoms with E-state index in [0.29, 0.717) is 0 Å². The van der Waals surface area contributed by atoms with Gasteiger partial charge in [0, 0.05) is 22.7 Å². The van der Waals surface area contributed by atoms with Gasteiger partial charge >= 0.3 is 0 Å². The summed E-state index contributed by atoms with van der Waals surface area (Å²) in [5.41, 5.74) is 0. The van der Waals surface area contributed by atoms with Gasteiger partial charge in [0.15, 0.2) is 0 Å². The minimum atomic E-state index is -0.636. The number of hydrogen-bond donors (Lipinski definition) is 3. The van der Waals surface area contributed by atoms with Crippen molar-refractivity contribution in [3.63, 3.8) is 0 Å². The number of piperidine rings is 1. The van der Waals surface area contributed by atoms with Crippen molar-refractivity contribution in [2.75, 3.05) is 19.6 Å². The molecule has 1 fully saturated rings. The van der Waals surface area contributed by atoms with Gasteiger partial charge in [-0.15, -0.1) is 11.3 Å². The quantitative estimate of drug-likeness (QED) is 0.810. The van der Waals surface area contributed by atoms with Crippen LogP contribution in [-0.2, 0) is 4.79 Å². The van der Waals surface area contributed by atoms with Crippen molar-refractivity contribution in [2.45, 2.75) is 18.9 Å². The monoisotopic (exact) mass is 304 g/mol. The van der Waals surface area contributed by atoms with E-state index in [4.69, 9.17) is 0 Å². The molecule has 2 aromatic rings. The van der Waals surface area contributed by atoms with E-state index >= 15 is 0 Å². The number of fused-ring (bicyclic) bond motifs is 1. The first-order valence-electron chi connectivity index (χ1n) is 7.39. The highest BCUT2D eigenvalue weighted by Gasteiger charge is 2.21. The third-order valence-electron chi connectivity index (χ3n) is 3.91. The largest absolute Gasteiger partial charge is 0.386 e. The summed E-state index contributed by atoms with van der Waals surface area (Å²) in [6.45, 7) is 2.02. The summed E-state index contributed by atoms with van der Waals surface area (Å²) in [6, 6.07) is 10.1. The number of aliphatic hydroxyl groups is 1. The second-order valence-electron chi connectivity index (χ2n) is 5.49. The fraction of sp³-hybridized carbons (Fsp3) is 0.438. The number of thiophene rings is 1. The van der Waals surface area contributed by atoms with Crippen molar-refractivity contribution in [1.82, 2.24) is 10.6 Å². The average Bonchev–Trinajstić information content (AvgIpc) is 2.97. The van der Waals surface area contributed by atoms with Crippen molar-refractivity contribution in [3.8, 4) is 0 Å². The standard InChI is InChI=1S/C16H20N2O2S/c19-13(10-18-16(20)12-5-3-7-17-9-12)15-8-11-4-1-2-6-14(11)21-15/h1-2,4,6,8,12-13,17,19H,3,5,7,9-10H2,(H,18,20). The fourth-order valence-corrected chi connectivity index (χ4v) is 3.74. The number of hydrogen-bond acceptors (Lipinski definition) is 4. The zero-order valence-corrected chi connectivity index (χ0v) is 12.7. The number of amides is 1. The summed E-state index contributed by atoms with van der Waals surface area (Å²) in [4.78, 5) is 12.9. The van der Waals surface area contributed by atoms with Gasteiger partial charge in [0.05, 0.1) is 5.92 Å². The molecule has 0 aliphatic carbocycles. The molecule has 0 radical (unpaired) electrons. The molecule has 1 aromatic heterocycles. The summed E-state index contributed by atoms with van der Waals surface area (Å²) >= 11 is 1.58. The summed E-state index contributed by atoms with van der Waals surface area (Å²) in [5, 5.41) is 17.5. The maximum absolute atomic E-state index is 12.0. The molecule has 2 unspecified atom stereocenters. The minimum absolute atomic E-state index is 0.0355. The van der Waals surface area contributed by atoms with E-state index in [1.54, 1.807) is 11.3 Å². The zero-order chi connectivity index (χ0) is 14.7. The highest BCUT2D eigenvalue weighted by Crippen LogP contribution is 2.29. The van der Waals surface area contributed by atoms with E-state index in [1.807, 2.05) is 30.3 Å². The van der Waals surface area contributed by atoms with Crippen LogP contribution < -0.4 is 10.6 Å². The summed E-state index contributed by atoms with van der Waals surface area (Å²) < 4.78 is 1.16. The maximum atomic E-state index is 12.0. The Morgan fingerprint density at radius 2 is 2.33 bits per heavy atom. The lowest BCUT2D eigenvalue weighted by atomic mass is 9.99. The molecule has 112 valence electrons. The summed E-state index contributed by atoms with van der Waals surface area (Å²) in [6.07, 6.45) is 1.33. The predicted octanol–water partition coefficient (Wildman–Crippen LogP) is 2.05. The molecule has 2 atom stereocenters. The number of nitrogens with one attached hydrogen (secondary N) is 2. The van der Waals surface area contributed by atoms with Crippen LogP contribution in [0.3, 0.4) is 0 Å². The Bertz CT molecular complexity index is 587. The van der Waals surface area contributed by atoms with E-state index in [-0.39, 0.29) is 18.4 Å². The van der Waals surface area contributed by atoms with Crippen LogP contribution in [0.15, 0.2) is 30.3 Å². The van der Waals surface area contributed by atoms with Crippen molar-refractivity contribution in [3.05, 3.63) is 35.2 Å². The normalized spacial score (nSPS) is 20.3. The Morgan fingerprint density at radius 1 is 1.48 bits per heavy atom. The molecular weight excluding hydrogens is 284 g/mol. The van der Waals surface area contributed by atoms with Crippen LogP contribution in [0, 0.1) is 5.92 Å². The van der Waals surface area contributed by atoms with E-state index in [0.717, 1.165) is 40.9 Å². The average molecular weight is 304 g/mol. The predicted molar refractivity (Wildman–Crippen MR) is 85.4 cm³/mol. The summed E-state index contributed by atoms with van der Waals surface area (Å²) in [7, 11) is 0. The Hall–Kier alpha value is -1.43. The maximum Gasteiger partial charge on any atom is 0.224 e. The zero-order valence-electron chi connectivity index (χ0n) is 11.8. The van der Waals surface area contributed by atoms with Crippen LogP contribution in [0.4, 0.5) is 0 Å². The van der Waals surface area contributed by atoms with Gasteiger partial charge in [-0.1, -0.05) is 18.2 Å². The molecule has 1 aliphatic heterocycles. The molecule has 0 saturated carbocycles.